The zero-order valence-corrected chi connectivity index (χ0v) is 14.2. The van der Waals surface area contributed by atoms with E-state index >= 15 is 0 Å². The van der Waals surface area contributed by atoms with E-state index < -0.39 is 0 Å². The number of hydrogen-bond donors (Lipinski definition) is 1. The Hall–Kier alpha value is -0.950. The van der Waals surface area contributed by atoms with E-state index in [0.717, 1.165) is 17.9 Å². The van der Waals surface area contributed by atoms with Gasteiger partial charge in [0.05, 0.1) is 0 Å². The van der Waals surface area contributed by atoms with Crippen molar-refractivity contribution >= 4 is 29.3 Å². The number of aromatic hydroxyl groups is 1. The number of thioether (sulfide) groups is 2. The lowest BCUT2D eigenvalue weighted by molar-refractivity contribution is 0.433. The second kappa shape index (κ2) is 8.48. The SMILES string of the molecule is CCCCCSCCCSc1nc2nc(C)cc(O)n2n1. The van der Waals surface area contributed by atoms with Gasteiger partial charge in [0, 0.05) is 17.5 Å². The van der Waals surface area contributed by atoms with Crippen LogP contribution in [0.4, 0.5) is 0 Å². The molecule has 0 aromatic carbocycles. The molecule has 0 aliphatic heterocycles. The van der Waals surface area contributed by atoms with E-state index in [4.69, 9.17) is 0 Å². The van der Waals surface area contributed by atoms with Crippen LogP contribution in [-0.4, -0.2) is 41.9 Å². The molecule has 2 aromatic rings. The normalized spacial score (nSPS) is 11.3. The van der Waals surface area contributed by atoms with Gasteiger partial charge in [0.2, 0.25) is 11.0 Å². The number of fused-ring (bicyclic) bond motifs is 1. The van der Waals surface area contributed by atoms with Crippen LogP contribution in [0.25, 0.3) is 5.78 Å². The summed E-state index contributed by atoms with van der Waals surface area (Å²) in [6.45, 7) is 4.06. The lowest BCUT2D eigenvalue weighted by Gasteiger charge is -2.00. The van der Waals surface area contributed by atoms with Gasteiger partial charge in [0.25, 0.3) is 5.78 Å². The number of unbranched alkanes of at least 4 members (excludes halogenated alkanes) is 2. The maximum absolute atomic E-state index is 9.79. The molecule has 0 spiro atoms. The smallest absolute Gasteiger partial charge is 0.256 e. The van der Waals surface area contributed by atoms with Crippen LogP contribution in [0.3, 0.4) is 0 Å². The minimum absolute atomic E-state index is 0.0864. The topological polar surface area (TPSA) is 63.3 Å². The Labute approximate surface area is 134 Å². The minimum atomic E-state index is 0.0864. The highest BCUT2D eigenvalue weighted by Crippen LogP contribution is 2.19. The van der Waals surface area contributed by atoms with Crippen LogP contribution in [0, 0.1) is 6.92 Å². The van der Waals surface area contributed by atoms with Crippen LogP contribution >= 0.6 is 23.5 Å². The van der Waals surface area contributed by atoms with Gasteiger partial charge in [-0.2, -0.15) is 21.3 Å². The van der Waals surface area contributed by atoms with E-state index in [1.807, 2.05) is 18.7 Å². The maximum Gasteiger partial charge on any atom is 0.256 e. The fraction of sp³-hybridized carbons (Fsp3) is 0.643. The standard InChI is InChI=1S/C14H22N4OS2/c1-3-4-5-7-20-8-6-9-21-14-16-13-15-11(2)10-12(19)18(13)17-14/h10,19H,3-9H2,1-2H3. The first-order valence-corrected chi connectivity index (χ1v) is 9.48. The molecule has 0 radical (unpaired) electrons. The summed E-state index contributed by atoms with van der Waals surface area (Å²) >= 11 is 3.65. The maximum atomic E-state index is 9.79. The molecule has 7 heteroatoms. The molecule has 2 rings (SSSR count). The predicted octanol–water partition coefficient (Wildman–Crippen LogP) is 3.54. The van der Waals surface area contributed by atoms with Crippen molar-refractivity contribution < 1.29 is 5.11 Å². The molecule has 0 aliphatic carbocycles. The highest BCUT2D eigenvalue weighted by atomic mass is 32.2. The molecule has 0 amide bonds. The van der Waals surface area contributed by atoms with E-state index in [1.165, 1.54) is 35.3 Å². The van der Waals surface area contributed by atoms with Crippen molar-refractivity contribution in [3.05, 3.63) is 11.8 Å². The van der Waals surface area contributed by atoms with Gasteiger partial charge in [0.1, 0.15) is 0 Å². The van der Waals surface area contributed by atoms with Crippen LogP contribution < -0.4 is 0 Å². The Kier molecular flexibility index (Phi) is 6.63. The number of aryl methyl sites for hydroxylation is 1. The van der Waals surface area contributed by atoms with Crippen LogP contribution in [0.5, 0.6) is 5.88 Å². The predicted molar refractivity (Wildman–Crippen MR) is 89.4 cm³/mol. The van der Waals surface area contributed by atoms with Crippen molar-refractivity contribution in [3.63, 3.8) is 0 Å². The third kappa shape index (κ3) is 5.07. The summed E-state index contributed by atoms with van der Waals surface area (Å²) in [5.74, 6) is 4.00. The van der Waals surface area contributed by atoms with Crippen LogP contribution in [0.15, 0.2) is 11.2 Å². The van der Waals surface area contributed by atoms with Crippen molar-refractivity contribution in [3.8, 4) is 5.88 Å². The number of aromatic nitrogens is 4. The second-order valence-electron chi connectivity index (χ2n) is 4.88. The number of hydrogen-bond acceptors (Lipinski definition) is 6. The first kappa shape index (κ1) is 16.4. The van der Waals surface area contributed by atoms with Crippen LogP contribution in [-0.2, 0) is 0 Å². The lowest BCUT2D eigenvalue weighted by atomic mass is 10.3. The summed E-state index contributed by atoms with van der Waals surface area (Å²) in [6, 6.07) is 1.59. The van der Waals surface area contributed by atoms with E-state index in [1.54, 1.807) is 17.8 Å². The molecular weight excluding hydrogens is 304 g/mol. The summed E-state index contributed by atoms with van der Waals surface area (Å²) < 4.78 is 1.38. The zero-order chi connectivity index (χ0) is 15.1. The summed E-state index contributed by atoms with van der Waals surface area (Å²) in [4.78, 5) is 8.58. The van der Waals surface area contributed by atoms with Crippen LogP contribution in [0.1, 0.15) is 38.3 Å². The molecule has 0 saturated carbocycles. The molecular formula is C14H22N4OS2. The summed E-state index contributed by atoms with van der Waals surface area (Å²) in [7, 11) is 0. The van der Waals surface area contributed by atoms with Gasteiger partial charge in [-0.15, -0.1) is 5.10 Å². The minimum Gasteiger partial charge on any atom is -0.493 e. The molecule has 0 bridgehead atoms. The number of nitrogens with zero attached hydrogens (tertiary/aromatic N) is 4. The highest BCUT2D eigenvalue weighted by molar-refractivity contribution is 8.00. The Balaban J connectivity index is 1.73. The number of rotatable bonds is 9. The fourth-order valence-corrected chi connectivity index (χ4v) is 3.79. The van der Waals surface area contributed by atoms with Gasteiger partial charge >= 0.3 is 0 Å². The molecule has 5 nitrogen and oxygen atoms in total. The molecule has 2 aromatic heterocycles. The van der Waals surface area contributed by atoms with Crippen molar-refractivity contribution in [2.24, 2.45) is 0 Å². The van der Waals surface area contributed by atoms with Crippen molar-refractivity contribution in [1.29, 1.82) is 0 Å². The van der Waals surface area contributed by atoms with Gasteiger partial charge in [-0.3, -0.25) is 0 Å². The van der Waals surface area contributed by atoms with Gasteiger partial charge in [0.15, 0.2) is 0 Å². The zero-order valence-electron chi connectivity index (χ0n) is 12.6. The first-order chi connectivity index (χ1) is 10.2. The average Bonchev–Trinajstić information content (AvgIpc) is 2.85. The van der Waals surface area contributed by atoms with Crippen molar-refractivity contribution in [1.82, 2.24) is 19.6 Å². The Morgan fingerprint density at radius 3 is 2.76 bits per heavy atom. The van der Waals surface area contributed by atoms with E-state index in [-0.39, 0.29) is 5.88 Å². The highest BCUT2D eigenvalue weighted by Gasteiger charge is 2.09. The van der Waals surface area contributed by atoms with E-state index in [2.05, 4.69) is 22.0 Å². The second-order valence-corrected chi connectivity index (χ2v) is 7.17. The first-order valence-electron chi connectivity index (χ1n) is 7.34. The summed E-state index contributed by atoms with van der Waals surface area (Å²) in [6.07, 6.45) is 5.10. The Morgan fingerprint density at radius 1 is 1.14 bits per heavy atom. The molecule has 0 unspecified atom stereocenters. The Morgan fingerprint density at radius 2 is 1.95 bits per heavy atom. The van der Waals surface area contributed by atoms with E-state index in [9.17, 15) is 5.11 Å². The molecule has 0 atom stereocenters. The third-order valence-electron chi connectivity index (χ3n) is 2.96. The van der Waals surface area contributed by atoms with Gasteiger partial charge in [-0.1, -0.05) is 31.5 Å². The molecule has 1 N–H and O–H groups in total. The monoisotopic (exact) mass is 326 g/mol. The average molecular weight is 326 g/mol. The largest absolute Gasteiger partial charge is 0.493 e. The molecule has 116 valence electrons. The molecule has 0 saturated heterocycles. The molecule has 2 heterocycles. The van der Waals surface area contributed by atoms with Crippen molar-refractivity contribution in [2.45, 2.75) is 44.7 Å². The van der Waals surface area contributed by atoms with Crippen LogP contribution in [0.2, 0.25) is 0 Å². The van der Waals surface area contributed by atoms with Gasteiger partial charge < -0.3 is 5.11 Å². The van der Waals surface area contributed by atoms with E-state index in [0.29, 0.717) is 10.9 Å². The van der Waals surface area contributed by atoms with Crippen molar-refractivity contribution in [2.75, 3.05) is 17.3 Å². The Bertz CT molecular complexity index is 573. The quantitative estimate of drug-likeness (QED) is 0.562. The van der Waals surface area contributed by atoms with Gasteiger partial charge in [-0.05, 0) is 31.3 Å². The summed E-state index contributed by atoms with van der Waals surface area (Å²) in [5.41, 5.74) is 0.743. The summed E-state index contributed by atoms with van der Waals surface area (Å²) in [5, 5.41) is 14.7. The molecule has 0 fully saturated rings. The fourth-order valence-electron chi connectivity index (χ4n) is 1.89. The van der Waals surface area contributed by atoms with Gasteiger partial charge in [-0.25, -0.2) is 4.98 Å². The lowest BCUT2D eigenvalue weighted by Crippen LogP contribution is -1.93. The third-order valence-corrected chi connectivity index (χ3v) is 5.04. The molecule has 21 heavy (non-hydrogen) atoms. The molecule has 0 aliphatic rings.